The number of ether oxygens (including phenoxy) is 1. The van der Waals surface area contributed by atoms with Crippen molar-refractivity contribution in [3.8, 4) is 0 Å². The van der Waals surface area contributed by atoms with Crippen molar-refractivity contribution in [1.29, 1.82) is 0 Å². The maximum absolute atomic E-state index is 12.5. The van der Waals surface area contributed by atoms with Gasteiger partial charge in [-0.3, -0.25) is 4.99 Å². The van der Waals surface area contributed by atoms with E-state index >= 15 is 0 Å². The maximum Gasteiger partial charge on any atom is 0.240 e. The first-order valence-electron chi connectivity index (χ1n) is 11.1. The van der Waals surface area contributed by atoms with Crippen molar-refractivity contribution in [3.63, 3.8) is 0 Å². The molecule has 1 aliphatic rings. The summed E-state index contributed by atoms with van der Waals surface area (Å²) in [6.45, 7) is 6.97. The van der Waals surface area contributed by atoms with Crippen LogP contribution in [0.4, 0.5) is 0 Å². The number of hydrogen-bond acceptors (Lipinski definition) is 4. The molecule has 1 aliphatic heterocycles. The molecule has 8 heteroatoms. The summed E-state index contributed by atoms with van der Waals surface area (Å²) in [6, 6.07) is 6.94. The highest BCUT2D eigenvalue weighted by molar-refractivity contribution is 7.89. The molecule has 3 N–H and O–H groups in total. The van der Waals surface area contributed by atoms with Crippen molar-refractivity contribution in [1.82, 2.24) is 15.4 Å². The first-order chi connectivity index (χ1) is 14.5. The second kappa shape index (κ2) is 12.9. The van der Waals surface area contributed by atoms with E-state index in [1.807, 2.05) is 12.1 Å². The van der Waals surface area contributed by atoms with Crippen LogP contribution in [0.5, 0.6) is 0 Å². The minimum atomic E-state index is -3.52. The van der Waals surface area contributed by atoms with Crippen LogP contribution < -0.4 is 15.4 Å². The molecular formula is C22H38N4O3S. The molecule has 1 aromatic rings. The molecule has 2 unspecified atom stereocenters. The fraction of sp³-hybridized carbons (Fsp3) is 0.682. The summed E-state index contributed by atoms with van der Waals surface area (Å²) in [5.41, 5.74) is 0.994. The normalized spacial score (nSPS) is 18.4. The standard InChI is InChI=1S/C22H38N4O3S/c1-4-6-8-18(5-2)15-24-22(23-3)25-16-19-10-12-21(13-11-19)30(27,28)26-17-20-9-7-14-29-20/h10-13,18,20,26H,4-9,14-17H2,1-3H3,(H2,23,24,25). The lowest BCUT2D eigenvalue weighted by Crippen LogP contribution is -2.39. The minimum absolute atomic E-state index is 0.0169. The Kier molecular flexibility index (Phi) is 10.6. The zero-order valence-corrected chi connectivity index (χ0v) is 19.4. The van der Waals surface area contributed by atoms with Gasteiger partial charge in [-0.1, -0.05) is 45.2 Å². The molecule has 0 saturated carbocycles. The Morgan fingerprint density at radius 1 is 1.23 bits per heavy atom. The third-order valence-electron chi connectivity index (χ3n) is 5.54. The van der Waals surface area contributed by atoms with E-state index in [1.54, 1.807) is 19.2 Å². The summed E-state index contributed by atoms with van der Waals surface area (Å²) >= 11 is 0. The Labute approximate surface area is 182 Å². The number of rotatable bonds is 12. The fourth-order valence-electron chi connectivity index (χ4n) is 3.47. The molecule has 0 amide bonds. The molecule has 30 heavy (non-hydrogen) atoms. The number of hydrogen-bond donors (Lipinski definition) is 3. The van der Waals surface area contributed by atoms with Crippen LogP contribution in [-0.4, -0.2) is 47.2 Å². The molecule has 0 aliphatic carbocycles. The van der Waals surface area contributed by atoms with Crippen LogP contribution in [0.3, 0.4) is 0 Å². The average Bonchev–Trinajstić information content (AvgIpc) is 3.28. The molecule has 2 atom stereocenters. The Hall–Kier alpha value is -1.64. The van der Waals surface area contributed by atoms with Gasteiger partial charge in [0, 0.05) is 33.3 Å². The number of nitrogens with one attached hydrogen (secondary N) is 3. The van der Waals surface area contributed by atoms with Gasteiger partial charge < -0.3 is 15.4 Å². The van der Waals surface area contributed by atoms with Gasteiger partial charge in [0.25, 0.3) is 0 Å². The SMILES string of the molecule is CCCCC(CC)CNC(=NC)NCc1ccc(S(=O)(=O)NCC2CCCO2)cc1. The molecule has 2 rings (SSSR count). The number of aliphatic imine (C=N–C) groups is 1. The van der Waals surface area contributed by atoms with Crippen molar-refractivity contribution < 1.29 is 13.2 Å². The third kappa shape index (κ3) is 8.24. The highest BCUT2D eigenvalue weighted by Crippen LogP contribution is 2.14. The van der Waals surface area contributed by atoms with Gasteiger partial charge in [0.2, 0.25) is 10.0 Å². The zero-order valence-electron chi connectivity index (χ0n) is 18.6. The molecule has 0 aromatic heterocycles. The van der Waals surface area contributed by atoms with Crippen molar-refractivity contribution in [2.75, 3.05) is 26.7 Å². The summed E-state index contributed by atoms with van der Waals surface area (Å²) in [5, 5.41) is 6.70. The molecule has 7 nitrogen and oxygen atoms in total. The Balaban J connectivity index is 1.81. The van der Waals surface area contributed by atoms with Crippen molar-refractivity contribution in [3.05, 3.63) is 29.8 Å². The molecule has 1 fully saturated rings. The van der Waals surface area contributed by atoms with Gasteiger partial charge in [0.1, 0.15) is 0 Å². The van der Waals surface area contributed by atoms with E-state index in [0.717, 1.165) is 37.3 Å². The average molecular weight is 439 g/mol. The monoisotopic (exact) mass is 438 g/mol. The lowest BCUT2D eigenvalue weighted by molar-refractivity contribution is 0.114. The van der Waals surface area contributed by atoms with E-state index in [1.165, 1.54) is 19.3 Å². The number of unbranched alkanes of at least 4 members (excludes halogenated alkanes) is 1. The van der Waals surface area contributed by atoms with Gasteiger partial charge in [0.05, 0.1) is 11.0 Å². The summed E-state index contributed by atoms with van der Waals surface area (Å²) in [4.78, 5) is 4.56. The first-order valence-corrected chi connectivity index (χ1v) is 12.6. The van der Waals surface area contributed by atoms with Crippen LogP contribution in [0.15, 0.2) is 34.2 Å². The van der Waals surface area contributed by atoms with Gasteiger partial charge in [-0.05, 0) is 42.9 Å². The summed E-state index contributed by atoms with van der Waals surface area (Å²) in [5.74, 6) is 1.41. The van der Waals surface area contributed by atoms with E-state index in [9.17, 15) is 8.42 Å². The van der Waals surface area contributed by atoms with E-state index in [4.69, 9.17) is 4.74 Å². The summed E-state index contributed by atoms with van der Waals surface area (Å²) in [6.07, 6.45) is 6.73. The van der Waals surface area contributed by atoms with Crippen LogP contribution >= 0.6 is 0 Å². The summed E-state index contributed by atoms with van der Waals surface area (Å²) < 4.78 is 33.0. The molecule has 0 radical (unpaired) electrons. The predicted molar refractivity (Wildman–Crippen MR) is 122 cm³/mol. The number of benzene rings is 1. The van der Waals surface area contributed by atoms with Gasteiger partial charge in [0.15, 0.2) is 5.96 Å². The molecule has 0 spiro atoms. The van der Waals surface area contributed by atoms with Crippen LogP contribution in [0.1, 0.15) is 57.9 Å². The van der Waals surface area contributed by atoms with E-state index in [2.05, 4.69) is 34.2 Å². The highest BCUT2D eigenvalue weighted by atomic mass is 32.2. The zero-order chi connectivity index (χ0) is 21.8. The third-order valence-corrected chi connectivity index (χ3v) is 6.98. The van der Waals surface area contributed by atoms with Gasteiger partial charge in [-0.25, -0.2) is 13.1 Å². The number of guanidine groups is 1. The second-order valence-corrected chi connectivity index (χ2v) is 9.62. The topological polar surface area (TPSA) is 91.8 Å². The predicted octanol–water partition coefficient (Wildman–Crippen LogP) is 3.03. The van der Waals surface area contributed by atoms with Crippen LogP contribution in [0.2, 0.25) is 0 Å². The quantitative estimate of drug-likeness (QED) is 0.345. The molecule has 1 aromatic carbocycles. The highest BCUT2D eigenvalue weighted by Gasteiger charge is 2.20. The van der Waals surface area contributed by atoms with Gasteiger partial charge in [-0.15, -0.1) is 0 Å². The molecular weight excluding hydrogens is 400 g/mol. The van der Waals surface area contributed by atoms with Gasteiger partial charge >= 0.3 is 0 Å². The number of sulfonamides is 1. The van der Waals surface area contributed by atoms with Crippen molar-refractivity contribution in [2.45, 2.75) is 69.9 Å². The Morgan fingerprint density at radius 3 is 2.60 bits per heavy atom. The van der Waals surface area contributed by atoms with E-state index in [0.29, 0.717) is 25.6 Å². The van der Waals surface area contributed by atoms with Crippen LogP contribution in [0.25, 0.3) is 0 Å². The maximum atomic E-state index is 12.5. The van der Waals surface area contributed by atoms with Crippen molar-refractivity contribution >= 4 is 16.0 Å². The molecule has 1 saturated heterocycles. The lowest BCUT2D eigenvalue weighted by Gasteiger charge is -2.18. The minimum Gasteiger partial charge on any atom is -0.377 e. The van der Waals surface area contributed by atoms with Crippen LogP contribution in [0, 0.1) is 5.92 Å². The van der Waals surface area contributed by atoms with Crippen molar-refractivity contribution in [2.24, 2.45) is 10.9 Å². The smallest absolute Gasteiger partial charge is 0.240 e. The van der Waals surface area contributed by atoms with Crippen LogP contribution in [-0.2, 0) is 21.3 Å². The Bertz CT molecular complexity index is 744. The summed E-state index contributed by atoms with van der Waals surface area (Å²) in [7, 11) is -1.75. The first kappa shape index (κ1) is 24.6. The fourth-order valence-corrected chi connectivity index (χ4v) is 4.53. The second-order valence-electron chi connectivity index (χ2n) is 7.85. The molecule has 1 heterocycles. The van der Waals surface area contributed by atoms with E-state index in [-0.39, 0.29) is 11.0 Å². The van der Waals surface area contributed by atoms with Gasteiger partial charge in [-0.2, -0.15) is 0 Å². The Morgan fingerprint density at radius 2 is 2.00 bits per heavy atom. The molecule has 170 valence electrons. The lowest BCUT2D eigenvalue weighted by atomic mass is 9.99. The van der Waals surface area contributed by atoms with E-state index < -0.39 is 10.0 Å². The largest absolute Gasteiger partial charge is 0.377 e. The number of nitrogens with zero attached hydrogens (tertiary/aromatic N) is 1. The molecule has 0 bridgehead atoms.